The molecule has 1 aliphatic rings. The summed E-state index contributed by atoms with van der Waals surface area (Å²) in [4.78, 5) is 26.7. The summed E-state index contributed by atoms with van der Waals surface area (Å²) < 4.78 is 30.1. The molecular formula is C21H28N4O5S. The normalized spacial score (nSPS) is 15.0. The van der Waals surface area contributed by atoms with Crippen molar-refractivity contribution in [3.63, 3.8) is 0 Å². The Kier molecular flexibility index (Phi) is 7.32. The lowest BCUT2D eigenvalue weighted by atomic mass is 10.0. The van der Waals surface area contributed by atoms with Gasteiger partial charge in [0.1, 0.15) is 5.75 Å². The first-order valence-electron chi connectivity index (χ1n) is 10.2. The maximum atomic E-state index is 12.4. The predicted octanol–water partition coefficient (Wildman–Crippen LogP) is 1.40. The molecule has 1 N–H and O–H groups in total. The summed E-state index contributed by atoms with van der Waals surface area (Å²) in [6, 6.07) is 6.29. The summed E-state index contributed by atoms with van der Waals surface area (Å²) in [5.41, 5.74) is 0.534. The van der Waals surface area contributed by atoms with Crippen LogP contribution in [-0.2, 0) is 21.7 Å². The summed E-state index contributed by atoms with van der Waals surface area (Å²) in [5, 5.41) is 7.01. The third-order valence-corrected chi connectivity index (χ3v) is 6.33. The number of hydrogen-bond donors (Lipinski definition) is 1. The van der Waals surface area contributed by atoms with Crippen molar-refractivity contribution in [2.24, 2.45) is 7.05 Å². The topological polar surface area (TPSA) is 111 Å². The lowest BCUT2D eigenvalue weighted by Gasteiger charge is -2.32. The van der Waals surface area contributed by atoms with E-state index in [1.54, 1.807) is 30.1 Å². The van der Waals surface area contributed by atoms with Gasteiger partial charge in [0.25, 0.3) is 5.91 Å². The molecule has 10 heteroatoms. The standard InChI is InChI=1S/C21H28N4O5S/c1-24-15-16(14-22-24)21(27)23-17-9-11-25(12-10-17)20(26)4-3-13-30-18-5-7-19(8-6-18)31(2,28)29/h5-8,14-15,17H,3-4,9-13H2,1-2H3,(H,23,27). The quantitative estimate of drug-likeness (QED) is 0.611. The van der Waals surface area contributed by atoms with E-state index in [0.29, 0.717) is 43.9 Å². The van der Waals surface area contributed by atoms with E-state index >= 15 is 0 Å². The molecule has 31 heavy (non-hydrogen) atoms. The molecule has 0 saturated carbocycles. The number of likely N-dealkylation sites (tertiary alicyclic amines) is 1. The SMILES string of the molecule is Cn1cc(C(=O)NC2CCN(C(=O)CCCOc3ccc(S(C)(=O)=O)cc3)CC2)cn1. The van der Waals surface area contributed by atoms with Crippen LogP contribution < -0.4 is 10.1 Å². The zero-order chi connectivity index (χ0) is 22.4. The molecule has 3 rings (SSSR count). The molecule has 0 radical (unpaired) electrons. The van der Waals surface area contributed by atoms with Crippen molar-refractivity contribution >= 4 is 21.7 Å². The average molecular weight is 449 g/mol. The first-order chi connectivity index (χ1) is 14.7. The second-order valence-electron chi connectivity index (χ2n) is 7.73. The summed E-state index contributed by atoms with van der Waals surface area (Å²) in [6.07, 6.45) is 6.78. The fourth-order valence-corrected chi connectivity index (χ4v) is 4.07. The Balaban J connectivity index is 1.34. The van der Waals surface area contributed by atoms with Crippen molar-refractivity contribution in [3.05, 3.63) is 42.2 Å². The Hall–Kier alpha value is -2.88. The lowest BCUT2D eigenvalue weighted by molar-refractivity contribution is -0.132. The number of ether oxygens (including phenoxy) is 1. The van der Waals surface area contributed by atoms with E-state index in [1.165, 1.54) is 18.3 Å². The minimum absolute atomic E-state index is 0.0509. The van der Waals surface area contributed by atoms with E-state index in [2.05, 4.69) is 10.4 Å². The number of benzene rings is 1. The summed E-state index contributed by atoms with van der Waals surface area (Å²) in [6.45, 7) is 1.61. The predicted molar refractivity (Wildman–Crippen MR) is 115 cm³/mol. The van der Waals surface area contributed by atoms with Gasteiger partial charge in [-0.3, -0.25) is 14.3 Å². The molecule has 1 aromatic heterocycles. The molecule has 2 amide bonds. The zero-order valence-corrected chi connectivity index (χ0v) is 18.6. The van der Waals surface area contributed by atoms with Crippen molar-refractivity contribution in [1.82, 2.24) is 20.0 Å². The molecule has 9 nitrogen and oxygen atoms in total. The Morgan fingerprint density at radius 2 is 1.87 bits per heavy atom. The number of carbonyl (C=O) groups is 2. The van der Waals surface area contributed by atoms with Crippen LogP contribution in [-0.4, -0.2) is 66.9 Å². The Morgan fingerprint density at radius 1 is 1.19 bits per heavy atom. The van der Waals surface area contributed by atoms with Gasteiger partial charge in [-0.2, -0.15) is 5.10 Å². The van der Waals surface area contributed by atoms with Crippen molar-refractivity contribution in [2.75, 3.05) is 26.0 Å². The number of nitrogens with one attached hydrogen (secondary N) is 1. The molecule has 2 heterocycles. The van der Waals surface area contributed by atoms with Gasteiger partial charge in [0, 0.05) is 45.1 Å². The first-order valence-corrected chi connectivity index (χ1v) is 12.1. The van der Waals surface area contributed by atoms with Gasteiger partial charge in [0.15, 0.2) is 9.84 Å². The highest BCUT2D eigenvalue weighted by Gasteiger charge is 2.24. The Labute approximate surface area is 182 Å². The van der Waals surface area contributed by atoms with Gasteiger partial charge in [0.2, 0.25) is 5.91 Å². The van der Waals surface area contributed by atoms with E-state index in [4.69, 9.17) is 4.74 Å². The fraction of sp³-hybridized carbons (Fsp3) is 0.476. The number of amides is 2. The molecule has 0 bridgehead atoms. The van der Waals surface area contributed by atoms with Crippen LogP contribution in [0.5, 0.6) is 5.75 Å². The zero-order valence-electron chi connectivity index (χ0n) is 17.8. The van der Waals surface area contributed by atoms with Crippen molar-refractivity contribution < 1.29 is 22.7 Å². The number of piperidine rings is 1. The number of aryl methyl sites for hydroxylation is 1. The van der Waals surface area contributed by atoms with Crippen LogP contribution >= 0.6 is 0 Å². The van der Waals surface area contributed by atoms with E-state index in [0.717, 1.165) is 19.1 Å². The monoisotopic (exact) mass is 448 g/mol. The average Bonchev–Trinajstić information content (AvgIpc) is 3.18. The van der Waals surface area contributed by atoms with Gasteiger partial charge < -0.3 is 15.0 Å². The molecule has 1 aromatic carbocycles. The summed E-state index contributed by atoms with van der Waals surface area (Å²) in [5.74, 6) is 0.512. The molecular weight excluding hydrogens is 420 g/mol. The van der Waals surface area contributed by atoms with Gasteiger partial charge in [-0.1, -0.05) is 0 Å². The molecule has 168 valence electrons. The van der Waals surface area contributed by atoms with Crippen LogP contribution in [0.15, 0.2) is 41.6 Å². The van der Waals surface area contributed by atoms with Crippen LogP contribution in [0.1, 0.15) is 36.0 Å². The molecule has 0 unspecified atom stereocenters. The molecule has 1 aliphatic heterocycles. The summed E-state index contributed by atoms with van der Waals surface area (Å²) >= 11 is 0. The van der Waals surface area contributed by atoms with Crippen molar-refractivity contribution in [1.29, 1.82) is 0 Å². The molecule has 2 aromatic rings. The maximum Gasteiger partial charge on any atom is 0.254 e. The Bertz CT molecular complexity index is 1010. The lowest BCUT2D eigenvalue weighted by Crippen LogP contribution is -2.46. The number of nitrogens with zero attached hydrogens (tertiary/aromatic N) is 3. The number of hydrogen-bond acceptors (Lipinski definition) is 6. The van der Waals surface area contributed by atoms with Crippen LogP contribution in [0.2, 0.25) is 0 Å². The fourth-order valence-electron chi connectivity index (χ4n) is 3.44. The number of aromatic nitrogens is 2. The molecule has 1 fully saturated rings. The summed E-state index contributed by atoms with van der Waals surface area (Å²) in [7, 11) is -1.46. The van der Waals surface area contributed by atoms with E-state index in [9.17, 15) is 18.0 Å². The van der Waals surface area contributed by atoms with Crippen LogP contribution in [0.4, 0.5) is 0 Å². The maximum absolute atomic E-state index is 12.4. The van der Waals surface area contributed by atoms with Gasteiger partial charge >= 0.3 is 0 Å². The number of rotatable bonds is 8. The highest BCUT2D eigenvalue weighted by Crippen LogP contribution is 2.17. The van der Waals surface area contributed by atoms with Crippen LogP contribution in [0.25, 0.3) is 0 Å². The van der Waals surface area contributed by atoms with E-state index in [-0.39, 0.29) is 22.8 Å². The third kappa shape index (κ3) is 6.55. The molecule has 1 saturated heterocycles. The number of sulfone groups is 1. The van der Waals surface area contributed by atoms with Crippen molar-refractivity contribution in [3.8, 4) is 5.75 Å². The highest BCUT2D eigenvalue weighted by molar-refractivity contribution is 7.90. The van der Waals surface area contributed by atoms with Crippen LogP contribution in [0.3, 0.4) is 0 Å². The number of carbonyl (C=O) groups excluding carboxylic acids is 2. The van der Waals surface area contributed by atoms with Gasteiger partial charge in [-0.15, -0.1) is 0 Å². The largest absolute Gasteiger partial charge is 0.494 e. The highest BCUT2D eigenvalue weighted by atomic mass is 32.2. The second kappa shape index (κ2) is 9.95. The Morgan fingerprint density at radius 3 is 2.45 bits per heavy atom. The smallest absolute Gasteiger partial charge is 0.254 e. The van der Waals surface area contributed by atoms with Gasteiger partial charge in [0.05, 0.1) is 23.3 Å². The molecule has 0 atom stereocenters. The molecule has 0 spiro atoms. The molecule has 0 aliphatic carbocycles. The van der Waals surface area contributed by atoms with Crippen molar-refractivity contribution in [2.45, 2.75) is 36.6 Å². The second-order valence-corrected chi connectivity index (χ2v) is 9.74. The van der Waals surface area contributed by atoms with Crippen LogP contribution in [0, 0.1) is 0 Å². The minimum Gasteiger partial charge on any atom is -0.494 e. The third-order valence-electron chi connectivity index (χ3n) is 5.21. The minimum atomic E-state index is -3.23. The van der Waals surface area contributed by atoms with E-state index in [1.807, 2.05) is 4.90 Å². The van der Waals surface area contributed by atoms with E-state index < -0.39 is 9.84 Å². The van der Waals surface area contributed by atoms with Gasteiger partial charge in [-0.05, 0) is 43.5 Å². The first kappa shape index (κ1) is 22.8. The van der Waals surface area contributed by atoms with Gasteiger partial charge in [-0.25, -0.2) is 8.42 Å².